The van der Waals surface area contributed by atoms with Crippen molar-refractivity contribution in [3.8, 4) is 0 Å². The number of amides is 1. The zero-order valence-electron chi connectivity index (χ0n) is 13.0. The molecule has 124 valence electrons. The van der Waals surface area contributed by atoms with Crippen LogP contribution in [0.5, 0.6) is 0 Å². The molecule has 1 aromatic rings. The van der Waals surface area contributed by atoms with E-state index < -0.39 is 17.3 Å². The Labute approximate surface area is 133 Å². The van der Waals surface area contributed by atoms with E-state index >= 15 is 0 Å². The number of nitrogens with zero attached hydrogens (tertiary/aromatic N) is 2. The molecule has 23 heavy (non-hydrogen) atoms. The molecule has 3 rings (SSSR count). The number of carboxylic acids is 1. The zero-order chi connectivity index (χ0) is 16.6. The molecule has 7 nitrogen and oxygen atoms in total. The molecule has 1 N–H and O–H groups in total. The maximum absolute atomic E-state index is 12.7. The fraction of sp³-hybridized carbons (Fsp3) is 0.562. The van der Waals surface area contributed by atoms with Crippen molar-refractivity contribution in [2.24, 2.45) is 18.4 Å². The van der Waals surface area contributed by atoms with E-state index in [1.54, 1.807) is 24.2 Å². The molecule has 1 amide bonds. The van der Waals surface area contributed by atoms with Crippen molar-refractivity contribution in [3.05, 3.63) is 34.2 Å². The summed E-state index contributed by atoms with van der Waals surface area (Å²) in [4.78, 5) is 37.6. The Balaban J connectivity index is 1.86. The molecule has 2 saturated heterocycles. The van der Waals surface area contributed by atoms with Crippen LogP contribution < -0.4 is 5.56 Å². The van der Waals surface area contributed by atoms with E-state index in [1.165, 1.54) is 10.6 Å². The lowest BCUT2D eigenvalue weighted by atomic mass is 9.72. The van der Waals surface area contributed by atoms with E-state index in [0.717, 1.165) is 0 Å². The third-order valence-electron chi connectivity index (χ3n) is 5.07. The molecule has 0 bridgehead atoms. The first kappa shape index (κ1) is 15.7. The molecule has 2 fully saturated rings. The van der Waals surface area contributed by atoms with Crippen LogP contribution in [0, 0.1) is 11.3 Å². The van der Waals surface area contributed by atoms with Crippen molar-refractivity contribution in [2.75, 3.05) is 26.3 Å². The summed E-state index contributed by atoms with van der Waals surface area (Å²) in [5.41, 5.74) is -0.369. The lowest BCUT2D eigenvalue weighted by Crippen LogP contribution is -2.40. The molecular formula is C16H20N2O5. The largest absolute Gasteiger partial charge is 0.481 e. The summed E-state index contributed by atoms with van der Waals surface area (Å²) in [6.07, 6.45) is 2.83. The van der Waals surface area contributed by atoms with Crippen molar-refractivity contribution < 1.29 is 19.4 Å². The second-order valence-corrected chi connectivity index (χ2v) is 6.42. The summed E-state index contributed by atoms with van der Waals surface area (Å²) >= 11 is 0. The number of carbonyl (C=O) groups excluding carboxylic acids is 1. The second kappa shape index (κ2) is 5.81. The van der Waals surface area contributed by atoms with Gasteiger partial charge in [0.2, 0.25) is 0 Å². The summed E-state index contributed by atoms with van der Waals surface area (Å²) in [7, 11) is 1.62. The number of rotatable bonds is 2. The molecule has 0 aliphatic carbocycles. The lowest BCUT2D eigenvalue weighted by molar-refractivity contribution is -0.146. The van der Waals surface area contributed by atoms with Crippen LogP contribution >= 0.6 is 0 Å². The number of aromatic nitrogens is 1. The highest BCUT2D eigenvalue weighted by Crippen LogP contribution is 2.44. The van der Waals surface area contributed by atoms with E-state index in [-0.39, 0.29) is 18.0 Å². The van der Waals surface area contributed by atoms with Gasteiger partial charge in [0.1, 0.15) is 0 Å². The van der Waals surface area contributed by atoms with Crippen LogP contribution in [0.25, 0.3) is 0 Å². The minimum Gasteiger partial charge on any atom is -0.481 e. The first-order chi connectivity index (χ1) is 10.9. The lowest BCUT2D eigenvalue weighted by Gasteiger charge is -2.36. The summed E-state index contributed by atoms with van der Waals surface area (Å²) in [5, 5.41) is 9.55. The fourth-order valence-electron chi connectivity index (χ4n) is 3.61. The number of aryl methyl sites for hydroxylation is 1. The molecule has 2 aliphatic heterocycles. The van der Waals surface area contributed by atoms with E-state index in [0.29, 0.717) is 38.2 Å². The molecule has 2 aliphatic rings. The summed E-state index contributed by atoms with van der Waals surface area (Å²) < 4.78 is 6.74. The number of aliphatic carboxylic acids is 1. The van der Waals surface area contributed by atoms with Gasteiger partial charge in [-0.15, -0.1) is 0 Å². The standard InChI is InChI=1S/C16H20N2O5/c1-17-5-2-11(8-13(17)19)14(20)18-9-12(15(21)22)16(10-18)3-6-23-7-4-16/h2,5,8,12H,3-4,6-7,9-10H2,1H3,(H,21,22). The van der Waals surface area contributed by atoms with Gasteiger partial charge in [-0.1, -0.05) is 0 Å². The van der Waals surface area contributed by atoms with Crippen LogP contribution in [0.1, 0.15) is 23.2 Å². The van der Waals surface area contributed by atoms with Gasteiger partial charge in [0, 0.05) is 56.6 Å². The molecule has 0 radical (unpaired) electrons. The van der Waals surface area contributed by atoms with Gasteiger partial charge in [0.25, 0.3) is 11.5 Å². The first-order valence-electron chi connectivity index (χ1n) is 7.69. The van der Waals surface area contributed by atoms with Crippen molar-refractivity contribution >= 4 is 11.9 Å². The molecule has 3 heterocycles. The van der Waals surface area contributed by atoms with Crippen LogP contribution in [0.3, 0.4) is 0 Å². The second-order valence-electron chi connectivity index (χ2n) is 6.42. The molecule has 0 aromatic carbocycles. The Hall–Kier alpha value is -2.15. The summed E-state index contributed by atoms with van der Waals surface area (Å²) in [5.74, 6) is -1.73. The Morgan fingerprint density at radius 3 is 2.65 bits per heavy atom. The van der Waals surface area contributed by atoms with Crippen LogP contribution in [0.15, 0.2) is 23.1 Å². The molecule has 1 atom stereocenters. The Morgan fingerprint density at radius 2 is 2.04 bits per heavy atom. The monoisotopic (exact) mass is 320 g/mol. The maximum Gasteiger partial charge on any atom is 0.308 e. The number of likely N-dealkylation sites (tertiary alicyclic amines) is 1. The number of ether oxygens (including phenoxy) is 1. The highest BCUT2D eigenvalue weighted by Gasteiger charge is 2.52. The fourth-order valence-corrected chi connectivity index (χ4v) is 3.61. The van der Waals surface area contributed by atoms with E-state index in [4.69, 9.17) is 4.74 Å². The third kappa shape index (κ3) is 2.76. The van der Waals surface area contributed by atoms with E-state index in [1.807, 2.05) is 0 Å². The van der Waals surface area contributed by atoms with Crippen LogP contribution in [0.2, 0.25) is 0 Å². The van der Waals surface area contributed by atoms with Gasteiger partial charge in [0.15, 0.2) is 0 Å². The minimum atomic E-state index is -0.869. The van der Waals surface area contributed by atoms with E-state index in [2.05, 4.69) is 0 Å². The Bertz CT molecular complexity index is 690. The average molecular weight is 320 g/mol. The van der Waals surface area contributed by atoms with Crippen molar-refractivity contribution in [1.29, 1.82) is 0 Å². The molecule has 1 aromatic heterocycles. The quantitative estimate of drug-likeness (QED) is 0.849. The van der Waals surface area contributed by atoms with Crippen molar-refractivity contribution in [2.45, 2.75) is 12.8 Å². The van der Waals surface area contributed by atoms with E-state index in [9.17, 15) is 19.5 Å². The van der Waals surface area contributed by atoms with Gasteiger partial charge < -0.3 is 19.3 Å². The SMILES string of the molecule is Cn1ccc(C(=O)N2CC(C(=O)O)C3(CCOCC3)C2)cc1=O. The smallest absolute Gasteiger partial charge is 0.308 e. The van der Waals surface area contributed by atoms with Crippen molar-refractivity contribution in [3.63, 3.8) is 0 Å². The van der Waals surface area contributed by atoms with Gasteiger partial charge >= 0.3 is 5.97 Å². The number of carboxylic acid groups (broad SMARTS) is 1. The Morgan fingerprint density at radius 1 is 1.35 bits per heavy atom. The topological polar surface area (TPSA) is 88.8 Å². The zero-order valence-corrected chi connectivity index (χ0v) is 13.0. The average Bonchev–Trinajstić information content (AvgIpc) is 2.89. The summed E-state index contributed by atoms with van der Waals surface area (Å²) in [6, 6.07) is 2.89. The predicted octanol–water partition coefficient (Wildman–Crippen LogP) is 0.339. The number of carbonyl (C=O) groups is 2. The highest BCUT2D eigenvalue weighted by molar-refractivity contribution is 5.94. The van der Waals surface area contributed by atoms with Gasteiger partial charge in [-0.25, -0.2) is 0 Å². The molecular weight excluding hydrogens is 300 g/mol. The maximum atomic E-state index is 12.7. The molecule has 7 heteroatoms. The number of hydrogen-bond acceptors (Lipinski definition) is 4. The predicted molar refractivity (Wildman–Crippen MR) is 81.2 cm³/mol. The van der Waals surface area contributed by atoms with Gasteiger partial charge in [0.05, 0.1) is 5.92 Å². The molecule has 1 unspecified atom stereocenters. The van der Waals surface area contributed by atoms with Crippen LogP contribution in [-0.4, -0.2) is 52.8 Å². The number of pyridine rings is 1. The van der Waals surface area contributed by atoms with Gasteiger partial charge in [-0.3, -0.25) is 14.4 Å². The summed E-state index contributed by atoms with van der Waals surface area (Å²) in [6.45, 7) is 1.64. The molecule has 0 saturated carbocycles. The van der Waals surface area contributed by atoms with Crippen LogP contribution in [-0.2, 0) is 16.6 Å². The molecule has 1 spiro atoms. The minimum absolute atomic E-state index is 0.184. The normalized spacial score (nSPS) is 23.2. The van der Waals surface area contributed by atoms with Gasteiger partial charge in [-0.2, -0.15) is 0 Å². The van der Waals surface area contributed by atoms with Crippen molar-refractivity contribution in [1.82, 2.24) is 9.47 Å². The Kier molecular flexibility index (Phi) is 3.97. The highest BCUT2D eigenvalue weighted by atomic mass is 16.5. The van der Waals surface area contributed by atoms with Crippen LogP contribution in [0.4, 0.5) is 0 Å². The third-order valence-corrected chi connectivity index (χ3v) is 5.07. The number of hydrogen-bond donors (Lipinski definition) is 1. The first-order valence-corrected chi connectivity index (χ1v) is 7.69. The van der Waals surface area contributed by atoms with Gasteiger partial charge in [-0.05, 0) is 18.9 Å².